The van der Waals surface area contributed by atoms with E-state index in [0.29, 0.717) is 33.9 Å². The number of benzene rings is 1. The highest BCUT2D eigenvalue weighted by molar-refractivity contribution is 7.71. The Bertz CT molecular complexity index is 1200. The van der Waals surface area contributed by atoms with Gasteiger partial charge in [-0.3, -0.25) is 14.2 Å². The van der Waals surface area contributed by atoms with Crippen molar-refractivity contribution in [3.63, 3.8) is 0 Å². The van der Waals surface area contributed by atoms with Crippen molar-refractivity contribution in [3.8, 4) is 0 Å². The molecule has 6 nitrogen and oxygen atoms in total. The van der Waals surface area contributed by atoms with Crippen molar-refractivity contribution in [2.45, 2.75) is 13.1 Å². The highest BCUT2D eigenvalue weighted by atomic mass is 32.1. The quantitative estimate of drug-likeness (QED) is 0.503. The first-order valence-corrected chi connectivity index (χ1v) is 9.50. The number of rotatable bonds is 5. The molecule has 136 valence electrons. The van der Waals surface area contributed by atoms with Crippen LogP contribution < -0.4 is 10.9 Å². The molecular formula is C19H15N3O3S2. The number of aromatic nitrogens is 2. The number of hydrogen-bond acceptors (Lipinski definition) is 5. The first-order chi connectivity index (χ1) is 13.1. The smallest absolute Gasteiger partial charge is 0.272 e. The van der Waals surface area contributed by atoms with Gasteiger partial charge in [0.15, 0.2) is 4.77 Å². The van der Waals surface area contributed by atoms with Crippen molar-refractivity contribution in [1.29, 1.82) is 0 Å². The van der Waals surface area contributed by atoms with E-state index in [4.69, 9.17) is 16.6 Å². The van der Waals surface area contributed by atoms with E-state index >= 15 is 0 Å². The second-order valence-electron chi connectivity index (χ2n) is 5.94. The van der Waals surface area contributed by atoms with Gasteiger partial charge in [-0.25, -0.2) is 0 Å². The zero-order valence-corrected chi connectivity index (χ0v) is 15.7. The van der Waals surface area contributed by atoms with Gasteiger partial charge >= 0.3 is 0 Å². The van der Waals surface area contributed by atoms with Gasteiger partial charge < -0.3 is 14.7 Å². The maximum atomic E-state index is 12.6. The molecule has 1 amide bonds. The number of amides is 1. The van der Waals surface area contributed by atoms with Crippen molar-refractivity contribution in [2.75, 3.05) is 0 Å². The number of carbonyl (C=O) groups is 1. The number of H-pyrrole nitrogens is 1. The molecule has 8 heteroatoms. The minimum atomic E-state index is -0.188. The number of carbonyl (C=O) groups excluding carboxylic acids is 1. The van der Waals surface area contributed by atoms with Gasteiger partial charge in [0, 0.05) is 5.56 Å². The molecule has 0 unspecified atom stereocenters. The van der Waals surface area contributed by atoms with Crippen LogP contribution in [0.3, 0.4) is 0 Å². The number of aromatic amines is 1. The zero-order valence-electron chi connectivity index (χ0n) is 14.1. The van der Waals surface area contributed by atoms with Crippen LogP contribution in [0.25, 0.3) is 10.2 Å². The Hall–Kier alpha value is -2.97. The molecule has 0 radical (unpaired) electrons. The number of nitrogens with one attached hydrogen (secondary N) is 2. The molecule has 0 fully saturated rings. The molecule has 2 N–H and O–H groups in total. The van der Waals surface area contributed by atoms with Crippen LogP contribution in [-0.2, 0) is 13.1 Å². The first kappa shape index (κ1) is 17.4. The third-order valence-electron chi connectivity index (χ3n) is 4.15. The van der Waals surface area contributed by atoms with E-state index in [2.05, 4.69) is 10.3 Å². The maximum absolute atomic E-state index is 12.6. The van der Waals surface area contributed by atoms with Crippen molar-refractivity contribution in [3.05, 3.63) is 86.1 Å². The number of nitrogens with zero attached hydrogens (tertiary/aromatic N) is 1. The van der Waals surface area contributed by atoms with Gasteiger partial charge in [0.25, 0.3) is 11.5 Å². The minimum Gasteiger partial charge on any atom is -0.467 e. The molecule has 0 aliphatic heterocycles. The summed E-state index contributed by atoms with van der Waals surface area (Å²) in [6, 6.07) is 12.5. The zero-order chi connectivity index (χ0) is 18.8. The summed E-state index contributed by atoms with van der Waals surface area (Å²) in [6.45, 7) is 0.676. The third-order valence-corrected chi connectivity index (χ3v) is 5.38. The van der Waals surface area contributed by atoms with Crippen molar-refractivity contribution >= 4 is 39.7 Å². The molecule has 0 aliphatic rings. The average Bonchev–Trinajstić information content (AvgIpc) is 3.35. The van der Waals surface area contributed by atoms with Gasteiger partial charge in [0.05, 0.1) is 24.9 Å². The fourth-order valence-electron chi connectivity index (χ4n) is 2.74. The second-order valence-corrected chi connectivity index (χ2v) is 7.25. The molecule has 0 bridgehead atoms. The highest BCUT2D eigenvalue weighted by Gasteiger charge is 2.09. The van der Waals surface area contributed by atoms with Crippen molar-refractivity contribution in [2.24, 2.45) is 0 Å². The van der Waals surface area contributed by atoms with Gasteiger partial charge in [-0.05, 0) is 53.5 Å². The Morgan fingerprint density at radius 2 is 2.04 bits per heavy atom. The van der Waals surface area contributed by atoms with Crippen molar-refractivity contribution in [1.82, 2.24) is 14.9 Å². The summed E-state index contributed by atoms with van der Waals surface area (Å²) < 4.78 is 7.75. The Morgan fingerprint density at radius 1 is 1.22 bits per heavy atom. The Labute approximate surface area is 163 Å². The predicted molar refractivity (Wildman–Crippen MR) is 107 cm³/mol. The van der Waals surface area contributed by atoms with E-state index in [1.165, 1.54) is 15.9 Å². The Morgan fingerprint density at radius 3 is 2.78 bits per heavy atom. The minimum absolute atomic E-state index is 0.107. The largest absolute Gasteiger partial charge is 0.467 e. The maximum Gasteiger partial charge on any atom is 0.272 e. The van der Waals surface area contributed by atoms with E-state index in [-0.39, 0.29) is 11.5 Å². The number of hydrogen-bond donors (Lipinski definition) is 2. The van der Waals surface area contributed by atoms with Crippen LogP contribution >= 0.6 is 23.6 Å². The number of thiophene rings is 1. The molecule has 27 heavy (non-hydrogen) atoms. The third kappa shape index (κ3) is 3.62. The summed E-state index contributed by atoms with van der Waals surface area (Å²) in [7, 11) is 0. The van der Waals surface area contributed by atoms with Crippen LogP contribution in [0.5, 0.6) is 0 Å². The van der Waals surface area contributed by atoms with E-state index in [0.717, 1.165) is 11.1 Å². The van der Waals surface area contributed by atoms with Crippen LogP contribution in [0, 0.1) is 4.77 Å². The monoisotopic (exact) mass is 397 g/mol. The SMILES string of the molecule is O=C(NCc1ccco1)c1ccc(Cn2c(=S)[nH]c3ccsc3c2=O)cc1. The van der Waals surface area contributed by atoms with Crippen LogP contribution in [0.2, 0.25) is 0 Å². The summed E-state index contributed by atoms with van der Waals surface area (Å²) >= 11 is 6.70. The molecule has 0 atom stereocenters. The summed E-state index contributed by atoms with van der Waals surface area (Å²) in [4.78, 5) is 27.9. The molecule has 0 saturated heterocycles. The van der Waals surface area contributed by atoms with Gasteiger partial charge in [0.2, 0.25) is 0 Å². The molecule has 1 aromatic carbocycles. The fourth-order valence-corrected chi connectivity index (χ4v) is 3.80. The van der Waals surface area contributed by atoms with Gasteiger partial charge in [-0.2, -0.15) is 0 Å². The molecular weight excluding hydrogens is 382 g/mol. The second kappa shape index (κ2) is 7.34. The molecule has 3 heterocycles. The summed E-state index contributed by atoms with van der Waals surface area (Å²) in [5, 5.41) is 4.66. The lowest BCUT2D eigenvalue weighted by Crippen LogP contribution is -2.23. The molecule has 0 spiro atoms. The molecule has 4 rings (SSSR count). The molecule has 4 aromatic rings. The fraction of sp³-hybridized carbons (Fsp3) is 0.105. The van der Waals surface area contributed by atoms with E-state index < -0.39 is 0 Å². The van der Waals surface area contributed by atoms with Crippen LogP contribution in [0.4, 0.5) is 0 Å². The lowest BCUT2D eigenvalue weighted by atomic mass is 10.1. The summed E-state index contributed by atoms with van der Waals surface area (Å²) in [5.41, 5.74) is 2.07. The topological polar surface area (TPSA) is 80.0 Å². The summed E-state index contributed by atoms with van der Waals surface area (Å²) in [6.07, 6.45) is 1.57. The molecule has 3 aromatic heterocycles. The van der Waals surface area contributed by atoms with Gasteiger partial charge in [0.1, 0.15) is 10.5 Å². The van der Waals surface area contributed by atoms with Gasteiger partial charge in [-0.1, -0.05) is 12.1 Å². The van der Waals surface area contributed by atoms with Crippen LogP contribution in [0.1, 0.15) is 21.7 Å². The summed E-state index contributed by atoms with van der Waals surface area (Å²) in [5.74, 6) is 0.505. The number of furan rings is 1. The van der Waals surface area contributed by atoms with E-state index in [1.807, 2.05) is 23.6 Å². The van der Waals surface area contributed by atoms with E-state index in [9.17, 15) is 9.59 Å². The predicted octanol–water partition coefficient (Wildman–Crippen LogP) is 3.69. The van der Waals surface area contributed by atoms with Crippen LogP contribution in [0.15, 0.2) is 63.3 Å². The molecule has 0 saturated carbocycles. The van der Waals surface area contributed by atoms with Crippen molar-refractivity contribution < 1.29 is 9.21 Å². The average molecular weight is 397 g/mol. The standard InChI is InChI=1S/C19H15N3O3S2/c23-17(20-10-14-2-1-8-25-14)13-5-3-12(4-6-13)11-22-18(24)16-15(7-9-27-16)21-19(22)26/h1-9H,10-11H2,(H,20,23)(H,21,26). The number of fused-ring (bicyclic) bond motifs is 1. The van der Waals surface area contributed by atoms with E-state index in [1.54, 1.807) is 30.5 Å². The normalized spacial score (nSPS) is 11.0. The van der Waals surface area contributed by atoms with Gasteiger partial charge in [-0.15, -0.1) is 11.3 Å². The molecule has 0 aliphatic carbocycles. The Balaban J connectivity index is 1.50. The lowest BCUT2D eigenvalue weighted by molar-refractivity contribution is 0.0948. The lowest BCUT2D eigenvalue weighted by Gasteiger charge is -2.08. The Kier molecular flexibility index (Phi) is 4.74. The highest BCUT2D eigenvalue weighted by Crippen LogP contribution is 2.15. The first-order valence-electron chi connectivity index (χ1n) is 8.21. The van der Waals surface area contributed by atoms with Crippen LogP contribution in [-0.4, -0.2) is 15.5 Å².